The second-order valence-electron chi connectivity index (χ2n) is 4.42. The van der Waals surface area contributed by atoms with Crippen LogP contribution in [0.1, 0.15) is 30.1 Å². The van der Waals surface area contributed by atoms with Gasteiger partial charge < -0.3 is 15.5 Å². The minimum absolute atomic E-state index is 0.111. The maximum atomic E-state index is 12.2. The molecule has 1 aromatic rings. The average Bonchev–Trinajstić information content (AvgIpc) is 2.45. The SMILES string of the molecule is CCCCNc1ccc(C(=O)O)cc1S(=O)(=O)NCCO. The molecule has 0 aliphatic rings. The minimum Gasteiger partial charge on any atom is -0.478 e. The Kier molecular flexibility index (Phi) is 6.60. The first kappa shape index (κ1) is 17.4. The molecule has 0 radical (unpaired) electrons. The highest BCUT2D eigenvalue weighted by Gasteiger charge is 2.20. The summed E-state index contributed by atoms with van der Waals surface area (Å²) in [6.45, 7) is 2.13. The van der Waals surface area contributed by atoms with Crippen molar-refractivity contribution in [2.24, 2.45) is 0 Å². The van der Waals surface area contributed by atoms with E-state index in [0.717, 1.165) is 18.9 Å². The first-order valence-corrected chi connectivity index (χ1v) is 8.12. The van der Waals surface area contributed by atoms with Crippen molar-refractivity contribution < 1.29 is 23.4 Å². The van der Waals surface area contributed by atoms with Crippen molar-refractivity contribution in [2.75, 3.05) is 25.0 Å². The number of carboxylic acid groups (broad SMARTS) is 1. The molecule has 0 atom stereocenters. The number of nitrogens with one attached hydrogen (secondary N) is 2. The number of sulfonamides is 1. The lowest BCUT2D eigenvalue weighted by molar-refractivity contribution is 0.0696. The third kappa shape index (κ3) is 5.00. The lowest BCUT2D eigenvalue weighted by Gasteiger charge is -2.13. The fourth-order valence-electron chi connectivity index (χ4n) is 1.68. The van der Waals surface area contributed by atoms with Crippen LogP contribution in [0.2, 0.25) is 0 Å². The molecule has 0 heterocycles. The van der Waals surface area contributed by atoms with Crippen LogP contribution in [0.4, 0.5) is 5.69 Å². The lowest BCUT2D eigenvalue weighted by Crippen LogP contribution is -2.27. The highest BCUT2D eigenvalue weighted by Crippen LogP contribution is 2.23. The van der Waals surface area contributed by atoms with E-state index in [1.807, 2.05) is 6.92 Å². The van der Waals surface area contributed by atoms with Gasteiger partial charge in [-0.1, -0.05) is 13.3 Å². The Hall–Kier alpha value is -1.64. The summed E-state index contributed by atoms with van der Waals surface area (Å²) in [7, 11) is -3.88. The average molecular weight is 316 g/mol. The second kappa shape index (κ2) is 7.96. The molecule has 21 heavy (non-hydrogen) atoms. The molecule has 0 aliphatic heterocycles. The van der Waals surface area contributed by atoms with E-state index in [1.165, 1.54) is 12.1 Å². The fourth-order valence-corrected chi connectivity index (χ4v) is 2.91. The maximum absolute atomic E-state index is 12.2. The van der Waals surface area contributed by atoms with Crippen molar-refractivity contribution in [3.63, 3.8) is 0 Å². The smallest absolute Gasteiger partial charge is 0.335 e. The number of benzene rings is 1. The Morgan fingerprint density at radius 3 is 2.57 bits per heavy atom. The number of aromatic carboxylic acids is 1. The predicted octanol–water partition coefficient (Wildman–Crippen LogP) is 0.867. The zero-order valence-electron chi connectivity index (χ0n) is 11.8. The molecule has 0 aromatic heterocycles. The van der Waals surface area contributed by atoms with Crippen LogP contribution in [-0.4, -0.2) is 44.3 Å². The van der Waals surface area contributed by atoms with Crippen LogP contribution in [0.25, 0.3) is 0 Å². The zero-order valence-corrected chi connectivity index (χ0v) is 12.6. The van der Waals surface area contributed by atoms with Crippen LogP contribution in [0.15, 0.2) is 23.1 Å². The molecule has 7 nitrogen and oxygen atoms in total. The van der Waals surface area contributed by atoms with Crippen LogP contribution in [0, 0.1) is 0 Å². The molecule has 118 valence electrons. The summed E-state index contributed by atoms with van der Waals surface area (Å²) in [4.78, 5) is 10.9. The van der Waals surface area contributed by atoms with E-state index < -0.39 is 16.0 Å². The molecule has 0 bridgehead atoms. The first-order chi connectivity index (χ1) is 9.92. The van der Waals surface area contributed by atoms with E-state index in [4.69, 9.17) is 10.2 Å². The van der Waals surface area contributed by atoms with E-state index in [-0.39, 0.29) is 23.6 Å². The van der Waals surface area contributed by atoms with Gasteiger partial charge in [0, 0.05) is 13.1 Å². The molecule has 0 unspecified atom stereocenters. The van der Waals surface area contributed by atoms with Crippen molar-refractivity contribution in [2.45, 2.75) is 24.7 Å². The number of carbonyl (C=O) groups is 1. The summed E-state index contributed by atoms with van der Waals surface area (Å²) in [6.07, 6.45) is 1.81. The van der Waals surface area contributed by atoms with E-state index >= 15 is 0 Å². The Bertz CT molecular complexity index is 586. The highest BCUT2D eigenvalue weighted by molar-refractivity contribution is 7.89. The van der Waals surface area contributed by atoms with Crippen LogP contribution in [-0.2, 0) is 10.0 Å². The van der Waals surface area contributed by atoms with E-state index in [2.05, 4.69) is 10.0 Å². The number of hydrogen-bond donors (Lipinski definition) is 4. The summed E-state index contributed by atoms with van der Waals surface area (Å²) in [5, 5.41) is 20.7. The lowest BCUT2D eigenvalue weighted by atomic mass is 10.2. The monoisotopic (exact) mass is 316 g/mol. The van der Waals surface area contributed by atoms with Gasteiger partial charge in [-0.3, -0.25) is 0 Å². The van der Waals surface area contributed by atoms with Gasteiger partial charge in [0.15, 0.2) is 0 Å². The van der Waals surface area contributed by atoms with Gasteiger partial charge in [-0.15, -0.1) is 0 Å². The molecule has 1 aromatic carbocycles. The van der Waals surface area contributed by atoms with Gasteiger partial charge in [0.25, 0.3) is 0 Å². The van der Waals surface area contributed by atoms with Crippen LogP contribution >= 0.6 is 0 Å². The van der Waals surface area contributed by atoms with Crippen molar-refractivity contribution in [3.05, 3.63) is 23.8 Å². The van der Waals surface area contributed by atoms with E-state index in [9.17, 15) is 13.2 Å². The third-order valence-corrected chi connectivity index (χ3v) is 4.27. The zero-order chi connectivity index (χ0) is 15.9. The van der Waals surface area contributed by atoms with Gasteiger partial charge in [-0.2, -0.15) is 0 Å². The molecule has 0 spiro atoms. The number of hydrogen-bond acceptors (Lipinski definition) is 5. The molecule has 0 saturated carbocycles. The van der Waals surface area contributed by atoms with Gasteiger partial charge in [0.1, 0.15) is 4.90 Å². The van der Waals surface area contributed by atoms with Crippen LogP contribution in [0.5, 0.6) is 0 Å². The molecule has 0 fully saturated rings. The Morgan fingerprint density at radius 2 is 2.00 bits per heavy atom. The molecule has 8 heteroatoms. The van der Waals surface area contributed by atoms with Crippen LogP contribution < -0.4 is 10.0 Å². The van der Waals surface area contributed by atoms with Crippen molar-refractivity contribution in [3.8, 4) is 0 Å². The minimum atomic E-state index is -3.88. The Labute approximate surface area is 124 Å². The highest BCUT2D eigenvalue weighted by atomic mass is 32.2. The van der Waals surface area contributed by atoms with E-state index in [0.29, 0.717) is 12.2 Å². The molecule has 4 N–H and O–H groups in total. The second-order valence-corrected chi connectivity index (χ2v) is 6.15. The van der Waals surface area contributed by atoms with Crippen molar-refractivity contribution in [1.82, 2.24) is 4.72 Å². The van der Waals surface area contributed by atoms with Crippen LogP contribution in [0.3, 0.4) is 0 Å². The van der Waals surface area contributed by atoms with Gasteiger partial charge in [0.05, 0.1) is 17.9 Å². The molecule has 0 aliphatic carbocycles. The number of unbranched alkanes of at least 4 members (excludes halogenated alkanes) is 1. The van der Waals surface area contributed by atoms with Gasteiger partial charge in [-0.05, 0) is 24.6 Å². The summed E-state index contributed by atoms with van der Waals surface area (Å²) in [6, 6.07) is 3.89. The van der Waals surface area contributed by atoms with E-state index in [1.54, 1.807) is 0 Å². The largest absolute Gasteiger partial charge is 0.478 e. The summed E-state index contributed by atoms with van der Waals surface area (Å²) < 4.78 is 26.5. The number of aliphatic hydroxyl groups is 1. The molecular formula is C13H20N2O5S. The molecular weight excluding hydrogens is 296 g/mol. The van der Waals surface area contributed by atoms with Crippen molar-refractivity contribution in [1.29, 1.82) is 0 Å². The maximum Gasteiger partial charge on any atom is 0.335 e. The molecule has 0 amide bonds. The summed E-state index contributed by atoms with van der Waals surface area (Å²) in [5.41, 5.74) is 0.235. The van der Waals surface area contributed by atoms with Gasteiger partial charge in [0.2, 0.25) is 10.0 Å². The molecule has 0 saturated heterocycles. The number of rotatable bonds is 9. The first-order valence-electron chi connectivity index (χ1n) is 6.64. The predicted molar refractivity (Wildman–Crippen MR) is 79.1 cm³/mol. The number of carboxylic acids is 1. The number of aliphatic hydroxyl groups excluding tert-OH is 1. The standard InChI is InChI=1S/C13H20N2O5S/c1-2-3-6-14-11-5-4-10(13(17)18)9-12(11)21(19,20)15-7-8-16/h4-5,9,14-16H,2-3,6-8H2,1H3,(H,17,18). The Balaban J connectivity index is 3.16. The Morgan fingerprint density at radius 1 is 1.29 bits per heavy atom. The topological polar surface area (TPSA) is 116 Å². The van der Waals surface area contributed by atoms with Gasteiger partial charge >= 0.3 is 5.97 Å². The van der Waals surface area contributed by atoms with Gasteiger partial charge in [-0.25, -0.2) is 17.9 Å². The number of anilines is 1. The summed E-state index contributed by atoms with van der Waals surface area (Å²) in [5.74, 6) is -1.20. The van der Waals surface area contributed by atoms with Crippen molar-refractivity contribution >= 4 is 21.7 Å². The fraction of sp³-hybridized carbons (Fsp3) is 0.462. The normalized spacial score (nSPS) is 11.3. The quantitative estimate of drug-likeness (QED) is 0.502. The molecule has 1 rings (SSSR count). The summed E-state index contributed by atoms with van der Waals surface area (Å²) >= 11 is 0. The third-order valence-electron chi connectivity index (χ3n) is 2.77.